The van der Waals surface area contributed by atoms with E-state index in [9.17, 15) is 8.42 Å². The molecule has 202 valence electrons. The number of rotatable bonds is 6. The standard InChI is InChI=1S/C26H28N2.C7H8O3S/c1-4-5-13-20-22(16-17-27-19-11-7-6-8-12-19)26(2,3)18-24-25(20)21-14-9-10-15-23(21)28-24;1-6-2-4-7(5-3-6)11(8,9)10/h6-12,14-18,28H,4-5,13H2,1-3H3;2-5H,1H3,(H,8,9,10). The predicted molar refractivity (Wildman–Crippen MR) is 162 cm³/mol. The lowest BCUT2D eigenvalue weighted by Gasteiger charge is -2.29. The normalized spacial score (nSPS) is 15.6. The SMILES string of the molecule is CCCCC1=c2c([nH]c3ccccc23)=CC(C)(C)C1=CC=Nc1ccccc1.Cc1ccc(S(=O)(=O)O)cc1. The molecule has 39 heavy (non-hydrogen) atoms. The molecule has 5 rings (SSSR count). The van der Waals surface area contributed by atoms with Crippen LogP contribution in [0.15, 0.2) is 100 Å². The van der Waals surface area contributed by atoms with E-state index in [-0.39, 0.29) is 10.3 Å². The van der Waals surface area contributed by atoms with E-state index in [1.165, 1.54) is 57.6 Å². The van der Waals surface area contributed by atoms with Crippen molar-refractivity contribution in [2.45, 2.75) is 51.9 Å². The summed E-state index contributed by atoms with van der Waals surface area (Å²) in [7, 11) is -4.02. The fraction of sp³-hybridized carbons (Fsp3) is 0.242. The fourth-order valence-electron chi connectivity index (χ4n) is 4.91. The van der Waals surface area contributed by atoms with Gasteiger partial charge in [0.1, 0.15) is 0 Å². The van der Waals surface area contributed by atoms with Crippen LogP contribution in [-0.2, 0) is 10.1 Å². The fourth-order valence-corrected chi connectivity index (χ4v) is 5.39. The highest BCUT2D eigenvalue weighted by Crippen LogP contribution is 2.37. The number of aryl methyl sites for hydroxylation is 1. The van der Waals surface area contributed by atoms with Gasteiger partial charge in [0.25, 0.3) is 10.1 Å². The van der Waals surface area contributed by atoms with Crippen molar-refractivity contribution < 1.29 is 13.0 Å². The predicted octanol–water partition coefficient (Wildman–Crippen LogP) is 6.90. The minimum atomic E-state index is -4.02. The van der Waals surface area contributed by atoms with E-state index < -0.39 is 10.1 Å². The van der Waals surface area contributed by atoms with Gasteiger partial charge < -0.3 is 4.98 Å². The van der Waals surface area contributed by atoms with Gasteiger partial charge in [0.2, 0.25) is 0 Å². The number of hydrogen-bond donors (Lipinski definition) is 2. The molecule has 0 saturated heterocycles. The first kappa shape index (κ1) is 28.3. The van der Waals surface area contributed by atoms with Crippen molar-refractivity contribution in [2.24, 2.45) is 10.4 Å². The Kier molecular flexibility index (Phi) is 8.68. The van der Waals surface area contributed by atoms with Gasteiger partial charge in [-0.3, -0.25) is 9.55 Å². The number of nitrogens with one attached hydrogen (secondary N) is 1. The number of fused-ring (bicyclic) bond motifs is 3. The molecule has 0 aliphatic heterocycles. The number of hydrogen-bond acceptors (Lipinski definition) is 3. The van der Waals surface area contributed by atoms with Crippen molar-refractivity contribution in [3.8, 4) is 0 Å². The van der Waals surface area contributed by atoms with Crippen molar-refractivity contribution >= 4 is 44.6 Å². The first-order valence-electron chi connectivity index (χ1n) is 13.3. The second-order valence-corrected chi connectivity index (χ2v) is 11.8. The second-order valence-electron chi connectivity index (χ2n) is 10.4. The molecule has 3 aromatic carbocycles. The maximum Gasteiger partial charge on any atom is 0.294 e. The second kappa shape index (κ2) is 12.0. The Balaban J connectivity index is 0.000000270. The molecular formula is C33H36N2O3S. The molecule has 0 bridgehead atoms. The van der Waals surface area contributed by atoms with Crippen LogP contribution >= 0.6 is 0 Å². The number of para-hydroxylation sites is 2. The third-order valence-electron chi connectivity index (χ3n) is 6.88. The van der Waals surface area contributed by atoms with Crippen molar-refractivity contribution in [3.05, 3.63) is 107 Å². The minimum absolute atomic E-state index is 0.0420. The van der Waals surface area contributed by atoms with Gasteiger partial charge in [-0.05, 0) is 67.3 Å². The summed E-state index contributed by atoms with van der Waals surface area (Å²) in [6.07, 6.45) is 10.0. The first-order chi connectivity index (χ1) is 18.6. The lowest BCUT2D eigenvalue weighted by Crippen LogP contribution is -2.35. The summed E-state index contributed by atoms with van der Waals surface area (Å²) in [4.78, 5) is 8.23. The van der Waals surface area contributed by atoms with Gasteiger partial charge >= 0.3 is 0 Å². The Labute approximate surface area is 231 Å². The topological polar surface area (TPSA) is 82.5 Å². The maximum atomic E-state index is 10.5. The summed E-state index contributed by atoms with van der Waals surface area (Å²) in [5, 5.41) is 3.96. The highest BCUT2D eigenvalue weighted by Gasteiger charge is 2.28. The van der Waals surface area contributed by atoms with E-state index in [4.69, 9.17) is 4.55 Å². The molecule has 0 saturated carbocycles. The summed E-state index contributed by atoms with van der Waals surface area (Å²) in [6.45, 7) is 8.70. The number of aromatic amines is 1. The number of aliphatic imine (C=N–C) groups is 1. The summed E-state index contributed by atoms with van der Waals surface area (Å²) in [6, 6.07) is 24.8. The monoisotopic (exact) mass is 540 g/mol. The van der Waals surface area contributed by atoms with Crippen molar-refractivity contribution in [2.75, 3.05) is 0 Å². The van der Waals surface area contributed by atoms with Crippen LogP contribution in [0.3, 0.4) is 0 Å². The lowest BCUT2D eigenvalue weighted by molar-refractivity contribution is 0.483. The van der Waals surface area contributed by atoms with E-state index in [0.717, 1.165) is 17.7 Å². The summed E-state index contributed by atoms with van der Waals surface area (Å²) >= 11 is 0. The number of H-pyrrole nitrogens is 1. The van der Waals surface area contributed by atoms with E-state index in [0.29, 0.717) is 0 Å². The minimum Gasteiger partial charge on any atom is -0.355 e. The van der Waals surface area contributed by atoms with Crippen molar-refractivity contribution in [1.82, 2.24) is 4.98 Å². The summed E-state index contributed by atoms with van der Waals surface area (Å²) < 4.78 is 29.6. The Bertz CT molecular complexity index is 1730. The Morgan fingerprint density at radius 3 is 2.28 bits per heavy atom. The smallest absolute Gasteiger partial charge is 0.294 e. The van der Waals surface area contributed by atoms with Gasteiger partial charge in [0.05, 0.1) is 10.6 Å². The molecule has 0 unspecified atom stereocenters. The Morgan fingerprint density at radius 2 is 1.62 bits per heavy atom. The number of allylic oxidation sites excluding steroid dienone is 2. The van der Waals surface area contributed by atoms with Gasteiger partial charge in [0.15, 0.2) is 0 Å². The zero-order valence-electron chi connectivity index (χ0n) is 23.0. The zero-order chi connectivity index (χ0) is 28.0. The molecule has 6 heteroatoms. The van der Waals surface area contributed by atoms with E-state index >= 15 is 0 Å². The average Bonchev–Trinajstić information content (AvgIpc) is 3.26. The van der Waals surface area contributed by atoms with Crippen LogP contribution in [0.4, 0.5) is 5.69 Å². The summed E-state index contributed by atoms with van der Waals surface area (Å²) in [5.74, 6) is 0. The largest absolute Gasteiger partial charge is 0.355 e. The van der Waals surface area contributed by atoms with Crippen LogP contribution in [0.5, 0.6) is 0 Å². The maximum absolute atomic E-state index is 10.5. The number of nitrogens with zero attached hydrogens (tertiary/aromatic N) is 1. The van der Waals surface area contributed by atoms with Gasteiger partial charge in [0, 0.05) is 33.1 Å². The molecule has 1 aromatic heterocycles. The van der Waals surface area contributed by atoms with Crippen molar-refractivity contribution in [1.29, 1.82) is 0 Å². The first-order valence-corrected chi connectivity index (χ1v) is 14.7. The number of benzene rings is 3. The highest BCUT2D eigenvalue weighted by atomic mass is 32.2. The molecule has 1 aliphatic rings. The van der Waals surface area contributed by atoms with Gasteiger partial charge in [-0.25, -0.2) is 0 Å². The molecule has 5 nitrogen and oxygen atoms in total. The molecule has 4 aromatic rings. The molecule has 0 fully saturated rings. The molecule has 1 heterocycles. The molecule has 0 amide bonds. The summed E-state index contributed by atoms with van der Waals surface area (Å²) in [5.41, 5.74) is 5.95. The zero-order valence-corrected chi connectivity index (χ0v) is 23.8. The van der Waals surface area contributed by atoms with Crippen LogP contribution in [-0.4, -0.2) is 24.2 Å². The average molecular weight is 541 g/mol. The van der Waals surface area contributed by atoms with Crippen LogP contribution in [0.1, 0.15) is 45.6 Å². The van der Waals surface area contributed by atoms with E-state index in [1.807, 2.05) is 43.5 Å². The van der Waals surface area contributed by atoms with Gasteiger partial charge in [-0.1, -0.05) is 87.4 Å². The molecule has 1 aliphatic carbocycles. The van der Waals surface area contributed by atoms with Crippen LogP contribution in [0.25, 0.3) is 22.6 Å². The number of aromatic nitrogens is 1. The quantitative estimate of drug-likeness (QED) is 0.206. The van der Waals surface area contributed by atoms with Crippen LogP contribution in [0, 0.1) is 12.3 Å². The molecule has 0 spiro atoms. The molecule has 0 radical (unpaired) electrons. The van der Waals surface area contributed by atoms with Crippen molar-refractivity contribution in [3.63, 3.8) is 0 Å². The van der Waals surface area contributed by atoms with E-state index in [1.54, 1.807) is 12.1 Å². The third kappa shape index (κ3) is 6.83. The highest BCUT2D eigenvalue weighted by molar-refractivity contribution is 7.85. The van der Waals surface area contributed by atoms with Crippen LogP contribution < -0.4 is 10.6 Å². The van der Waals surface area contributed by atoms with E-state index in [2.05, 4.69) is 67.2 Å². The van der Waals surface area contributed by atoms with Gasteiger partial charge in [-0.15, -0.1) is 0 Å². The molecule has 0 atom stereocenters. The van der Waals surface area contributed by atoms with Gasteiger partial charge in [-0.2, -0.15) is 8.42 Å². The molecular weight excluding hydrogens is 504 g/mol. The Morgan fingerprint density at radius 1 is 0.949 bits per heavy atom. The third-order valence-corrected chi connectivity index (χ3v) is 7.75. The van der Waals surface area contributed by atoms with Crippen LogP contribution in [0.2, 0.25) is 0 Å². The Hall–Kier alpha value is -3.74. The number of unbranched alkanes of at least 4 members (excludes halogenated alkanes) is 1. The lowest BCUT2D eigenvalue weighted by atomic mass is 9.75. The molecule has 2 N–H and O–H groups in total.